The zero-order chi connectivity index (χ0) is 17.7. The Balaban J connectivity index is 2.27. The van der Waals surface area contributed by atoms with Crippen molar-refractivity contribution in [2.24, 2.45) is 0 Å². The average molecular weight is 367 g/mol. The molecule has 2 rings (SSSR count). The van der Waals surface area contributed by atoms with E-state index in [4.69, 9.17) is 11.6 Å². The van der Waals surface area contributed by atoms with Crippen LogP contribution in [-0.4, -0.2) is 14.3 Å². The number of nitrogens with one attached hydrogen (secondary N) is 2. The van der Waals surface area contributed by atoms with E-state index in [1.165, 1.54) is 12.1 Å². The highest BCUT2D eigenvalue weighted by molar-refractivity contribution is 7.92. The molecule has 7 heteroatoms. The Morgan fingerprint density at radius 3 is 2.33 bits per heavy atom. The van der Waals surface area contributed by atoms with Gasteiger partial charge in [0.2, 0.25) is 5.91 Å². The monoisotopic (exact) mass is 366 g/mol. The van der Waals surface area contributed by atoms with Gasteiger partial charge in [-0.05, 0) is 42.3 Å². The van der Waals surface area contributed by atoms with E-state index < -0.39 is 10.0 Å². The molecular weight excluding hydrogens is 348 g/mol. The number of amides is 1. The van der Waals surface area contributed by atoms with E-state index in [-0.39, 0.29) is 21.5 Å². The van der Waals surface area contributed by atoms with Crippen molar-refractivity contribution in [2.45, 2.75) is 31.6 Å². The Hall–Kier alpha value is -2.05. The SMILES string of the molecule is CCC(=O)Nc1ccc(Cl)c(NS(=O)(=O)c2ccc(CC)cc2)c1. The Kier molecular flexibility index (Phi) is 5.85. The molecule has 0 aliphatic heterocycles. The van der Waals surface area contributed by atoms with Crippen molar-refractivity contribution in [3.05, 3.63) is 53.1 Å². The lowest BCUT2D eigenvalue weighted by molar-refractivity contribution is -0.115. The molecule has 0 radical (unpaired) electrons. The number of carbonyl (C=O) groups is 1. The summed E-state index contributed by atoms with van der Waals surface area (Å²) in [5.41, 5.74) is 1.74. The van der Waals surface area contributed by atoms with E-state index in [0.717, 1.165) is 12.0 Å². The second-order valence-electron chi connectivity index (χ2n) is 5.20. The van der Waals surface area contributed by atoms with Crippen LogP contribution < -0.4 is 10.0 Å². The van der Waals surface area contributed by atoms with Crippen LogP contribution in [-0.2, 0) is 21.2 Å². The van der Waals surface area contributed by atoms with Gasteiger partial charge in [0.1, 0.15) is 0 Å². The third-order valence-electron chi connectivity index (χ3n) is 3.46. The number of benzene rings is 2. The van der Waals surface area contributed by atoms with Crippen LogP contribution in [0.1, 0.15) is 25.8 Å². The van der Waals surface area contributed by atoms with Gasteiger partial charge in [0, 0.05) is 12.1 Å². The number of rotatable bonds is 6. The highest BCUT2D eigenvalue weighted by atomic mass is 35.5. The van der Waals surface area contributed by atoms with E-state index in [1.54, 1.807) is 37.3 Å². The molecule has 0 spiro atoms. The van der Waals surface area contributed by atoms with Crippen LogP contribution in [0.2, 0.25) is 5.02 Å². The van der Waals surface area contributed by atoms with Crippen LogP contribution >= 0.6 is 11.6 Å². The second-order valence-corrected chi connectivity index (χ2v) is 7.29. The molecule has 0 atom stereocenters. The largest absolute Gasteiger partial charge is 0.326 e. The zero-order valence-corrected chi connectivity index (χ0v) is 15.0. The van der Waals surface area contributed by atoms with Crippen molar-refractivity contribution in [1.82, 2.24) is 0 Å². The van der Waals surface area contributed by atoms with Crippen LogP contribution in [0.25, 0.3) is 0 Å². The summed E-state index contributed by atoms with van der Waals surface area (Å²) < 4.78 is 27.4. The lowest BCUT2D eigenvalue weighted by atomic mass is 10.2. The number of hydrogen-bond acceptors (Lipinski definition) is 3. The number of halogens is 1. The first kappa shape index (κ1) is 18.3. The molecule has 24 heavy (non-hydrogen) atoms. The van der Waals surface area contributed by atoms with Crippen molar-refractivity contribution in [2.75, 3.05) is 10.0 Å². The fourth-order valence-corrected chi connectivity index (χ4v) is 3.33. The molecule has 2 aromatic rings. The summed E-state index contributed by atoms with van der Waals surface area (Å²) in [6.07, 6.45) is 1.16. The molecule has 0 bridgehead atoms. The second kappa shape index (κ2) is 7.68. The number of sulfonamides is 1. The van der Waals surface area contributed by atoms with E-state index in [2.05, 4.69) is 10.0 Å². The number of aryl methyl sites for hydroxylation is 1. The summed E-state index contributed by atoms with van der Waals surface area (Å²) >= 11 is 6.07. The molecule has 0 aliphatic carbocycles. The molecule has 1 amide bonds. The first-order valence-electron chi connectivity index (χ1n) is 7.57. The van der Waals surface area contributed by atoms with Gasteiger partial charge in [-0.2, -0.15) is 0 Å². The Morgan fingerprint density at radius 2 is 1.75 bits per heavy atom. The molecule has 5 nitrogen and oxygen atoms in total. The summed E-state index contributed by atoms with van der Waals surface area (Å²) in [7, 11) is -3.76. The molecule has 0 aliphatic rings. The van der Waals surface area contributed by atoms with Crippen LogP contribution in [0, 0.1) is 0 Å². The van der Waals surface area contributed by atoms with Gasteiger partial charge in [-0.25, -0.2) is 8.42 Å². The fraction of sp³-hybridized carbons (Fsp3) is 0.235. The lowest BCUT2D eigenvalue weighted by Gasteiger charge is -2.12. The number of carbonyl (C=O) groups excluding carboxylic acids is 1. The molecule has 2 N–H and O–H groups in total. The highest BCUT2D eigenvalue weighted by Gasteiger charge is 2.16. The van der Waals surface area contributed by atoms with Crippen LogP contribution in [0.15, 0.2) is 47.4 Å². The lowest BCUT2D eigenvalue weighted by Crippen LogP contribution is -2.14. The molecule has 0 fully saturated rings. The molecule has 0 saturated carbocycles. The number of hydrogen-bond donors (Lipinski definition) is 2. The van der Waals surface area contributed by atoms with Crippen molar-refractivity contribution >= 4 is 38.9 Å². The zero-order valence-electron chi connectivity index (χ0n) is 13.5. The molecule has 128 valence electrons. The van der Waals surface area contributed by atoms with Crippen molar-refractivity contribution in [1.29, 1.82) is 0 Å². The van der Waals surface area contributed by atoms with Gasteiger partial charge >= 0.3 is 0 Å². The summed E-state index contributed by atoms with van der Waals surface area (Å²) in [4.78, 5) is 11.6. The van der Waals surface area contributed by atoms with Crippen LogP contribution in [0.4, 0.5) is 11.4 Å². The minimum Gasteiger partial charge on any atom is -0.326 e. The predicted molar refractivity (Wildman–Crippen MR) is 97.0 cm³/mol. The third-order valence-corrected chi connectivity index (χ3v) is 5.17. The van der Waals surface area contributed by atoms with Gasteiger partial charge in [-0.3, -0.25) is 9.52 Å². The topological polar surface area (TPSA) is 75.3 Å². The van der Waals surface area contributed by atoms with Gasteiger partial charge < -0.3 is 5.32 Å². The summed E-state index contributed by atoms with van der Waals surface area (Å²) in [6.45, 7) is 3.73. The summed E-state index contributed by atoms with van der Waals surface area (Å²) in [6, 6.07) is 11.3. The van der Waals surface area contributed by atoms with Crippen LogP contribution in [0.3, 0.4) is 0 Å². The van der Waals surface area contributed by atoms with Crippen molar-refractivity contribution in [3.8, 4) is 0 Å². The van der Waals surface area contributed by atoms with Gasteiger partial charge in [-0.1, -0.05) is 37.6 Å². The predicted octanol–water partition coefficient (Wildman–Crippen LogP) is 4.05. The van der Waals surface area contributed by atoms with Gasteiger partial charge in [0.15, 0.2) is 0 Å². The minimum atomic E-state index is -3.76. The van der Waals surface area contributed by atoms with Crippen molar-refractivity contribution < 1.29 is 13.2 Å². The van der Waals surface area contributed by atoms with E-state index in [0.29, 0.717) is 12.1 Å². The highest BCUT2D eigenvalue weighted by Crippen LogP contribution is 2.28. The molecule has 0 saturated heterocycles. The Labute approximate surface area is 147 Å². The molecule has 2 aromatic carbocycles. The van der Waals surface area contributed by atoms with Gasteiger partial charge in [0.05, 0.1) is 15.6 Å². The maximum Gasteiger partial charge on any atom is 0.261 e. The van der Waals surface area contributed by atoms with E-state index in [1.807, 2.05) is 6.92 Å². The first-order valence-corrected chi connectivity index (χ1v) is 9.43. The van der Waals surface area contributed by atoms with Crippen LogP contribution in [0.5, 0.6) is 0 Å². The van der Waals surface area contributed by atoms with Gasteiger partial charge in [-0.15, -0.1) is 0 Å². The molecular formula is C17H19ClN2O3S. The van der Waals surface area contributed by atoms with Crippen molar-refractivity contribution in [3.63, 3.8) is 0 Å². The van der Waals surface area contributed by atoms with E-state index >= 15 is 0 Å². The average Bonchev–Trinajstić information content (AvgIpc) is 2.57. The number of anilines is 2. The third kappa shape index (κ3) is 4.49. The van der Waals surface area contributed by atoms with E-state index in [9.17, 15) is 13.2 Å². The summed E-state index contributed by atoms with van der Waals surface area (Å²) in [5.74, 6) is -0.165. The molecule has 0 aromatic heterocycles. The maximum atomic E-state index is 12.5. The quantitative estimate of drug-likeness (QED) is 0.809. The molecule has 0 unspecified atom stereocenters. The van der Waals surface area contributed by atoms with Gasteiger partial charge in [0.25, 0.3) is 10.0 Å². The Bertz CT molecular complexity index is 833. The smallest absolute Gasteiger partial charge is 0.261 e. The maximum absolute atomic E-state index is 12.5. The fourth-order valence-electron chi connectivity index (χ4n) is 2.04. The Morgan fingerprint density at radius 1 is 1.08 bits per heavy atom. The first-order chi connectivity index (χ1) is 11.4. The normalized spacial score (nSPS) is 11.1. The minimum absolute atomic E-state index is 0.152. The molecule has 0 heterocycles. The standard InChI is InChI=1S/C17H19ClN2O3S/c1-3-12-5-8-14(9-6-12)24(22,23)20-16-11-13(7-10-15(16)18)19-17(21)4-2/h5-11,20H,3-4H2,1-2H3,(H,19,21). The summed E-state index contributed by atoms with van der Waals surface area (Å²) in [5, 5.41) is 2.92.